The number of hydrogen-bond donors (Lipinski definition) is 1. The Kier molecular flexibility index (Phi) is 374. The van der Waals surface area contributed by atoms with Gasteiger partial charge in [0.25, 0.3) is 0 Å². The third-order valence-corrected chi connectivity index (χ3v) is 0. The fourth-order valence-corrected chi connectivity index (χ4v) is 0. The van der Waals surface area contributed by atoms with Crippen molar-refractivity contribution in [3.63, 3.8) is 0 Å². The molecule has 0 bridgehead atoms. The molecule has 0 aromatic carbocycles. The smallest absolute Gasteiger partial charge is 0.569 e. The second-order valence-corrected chi connectivity index (χ2v) is 0. The van der Waals surface area contributed by atoms with Crippen LogP contribution in [0.1, 0.15) is 0 Å². The zero-order chi connectivity index (χ0) is 2.00. The van der Waals surface area contributed by atoms with Gasteiger partial charge in [0.1, 0.15) is 0 Å². The van der Waals surface area contributed by atoms with E-state index in [1.54, 1.807) is 0 Å². The van der Waals surface area contributed by atoms with Gasteiger partial charge in [0.2, 0.25) is 0 Å². The molecule has 0 heterocycles. The summed E-state index contributed by atoms with van der Waals surface area (Å²) in [5, 5.41) is 6.75. The van der Waals surface area contributed by atoms with Crippen LogP contribution >= 0.6 is 0 Å². The molecule has 1 nitrogen and oxygen atoms in total. The third-order valence-electron chi connectivity index (χ3n) is 0. The van der Waals surface area contributed by atoms with Gasteiger partial charge < -0.3 is 12.5 Å². The third kappa shape index (κ3) is 33.6. The second-order valence-electron chi connectivity index (χ2n) is 0. The molecule has 0 aliphatic heterocycles. The van der Waals surface area contributed by atoms with Gasteiger partial charge in [-0.1, -0.05) is 0 Å². The molecule has 0 unspecified atom stereocenters. The zero-order valence-corrected chi connectivity index (χ0v) is 12.0. The standard InChI is InChI=1S/CH3O.CH3.U.V.W/c1-2;;;;/h2H,1H2;1H3;;;/q2*-1;+2;;. The molecule has 0 saturated carbocycles. The molecule has 0 aromatic heterocycles. The molecule has 0 saturated heterocycles. The molecule has 0 amide bonds. The minimum Gasteiger partial charge on any atom is -0.569 e. The molecule has 35 valence electrons. The first-order valence-electron chi connectivity index (χ1n) is 0.316. The van der Waals surface area contributed by atoms with E-state index in [0.29, 0.717) is 0 Å². The van der Waals surface area contributed by atoms with Crippen LogP contribution in [0.15, 0.2) is 0 Å². The summed E-state index contributed by atoms with van der Waals surface area (Å²) < 4.78 is 0. The molecule has 0 rings (SSSR count). The number of rotatable bonds is 0. The molecule has 0 aliphatic rings. The van der Waals surface area contributed by atoms with E-state index in [4.69, 9.17) is 5.11 Å². The van der Waals surface area contributed by atoms with E-state index in [2.05, 4.69) is 7.11 Å². The minimum atomic E-state index is 0. The maximum Gasteiger partial charge on any atom is 2.00 e. The van der Waals surface area contributed by atoms with Crippen LogP contribution in [0.5, 0.6) is 0 Å². The first-order valence-corrected chi connectivity index (χ1v) is 0.316. The van der Waals surface area contributed by atoms with Gasteiger partial charge >= 0.3 is 31.1 Å². The molecule has 4 heteroatoms. The average Bonchev–Trinajstić information content (AvgIpc) is 1.00. The zero-order valence-electron chi connectivity index (χ0n) is 3.51. The fourth-order valence-electron chi connectivity index (χ4n) is 0. The van der Waals surface area contributed by atoms with Gasteiger partial charge in [-0.25, -0.2) is 7.11 Å². The van der Waals surface area contributed by atoms with Gasteiger partial charge in [-0.05, 0) is 0 Å². The van der Waals surface area contributed by atoms with Crippen LogP contribution in [0, 0.1) is 45.6 Å². The van der Waals surface area contributed by atoms with E-state index in [-0.39, 0.29) is 78.2 Å². The Morgan fingerprint density at radius 1 is 1.17 bits per heavy atom. The molecule has 0 aromatic rings. The van der Waals surface area contributed by atoms with Crippen molar-refractivity contribution in [3.8, 4) is 0 Å². The molecular weight excluding hydrogens is 513 g/mol. The maximum absolute atomic E-state index is 6.75. The van der Waals surface area contributed by atoms with E-state index >= 15 is 0 Å². The largest absolute Gasteiger partial charge is 2.00 e. The first-order chi connectivity index (χ1) is 1.00. The Morgan fingerprint density at radius 2 is 1.17 bits per heavy atom. The molecule has 0 atom stereocenters. The van der Waals surface area contributed by atoms with Crippen molar-refractivity contribution in [1.82, 2.24) is 0 Å². The van der Waals surface area contributed by atoms with Crippen LogP contribution in [0.25, 0.3) is 0 Å². The van der Waals surface area contributed by atoms with Gasteiger partial charge in [-0.2, -0.15) is 0 Å². The monoisotopic (exact) mass is 519 g/mol. The Bertz CT molecular complexity index is 13.5. The molecule has 0 fully saturated rings. The summed E-state index contributed by atoms with van der Waals surface area (Å²) in [7, 11) is 2.25. The maximum atomic E-state index is 6.75. The molecular formula is C2H6OUVW. The van der Waals surface area contributed by atoms with Crippen LogP contribution in [0.3, 0.4) is 0 Å². The average molecular weight is 519 g/mol. The Balaban J connectivity index is -0.000000000833. The summed E-state index contributed by atoms with van der Waals surface area (Å²) in [4.78, 5) is 0. The molecule has 1 N–H and O–H groups in total. The topological polar surface area (TPSA) is 20.2 Å². The molecule has 0 aliphatic carbocycles. The predicted molar refractivity (Wildman–Crippen MR) is 13.7 cm³/mol. The van der Waals surface area contributed by atoms with Crippen molar-refractivity contribution >= 4 is 0 Å². The quantitative estimate of drug-likeness (QED) is 0.466. The summed E-state index contributed by atoms with van der Waals surface area (Å²) in [5.74, 6) is 0. The van der Waals surface area contributed by atoms with Crippen LogP contribution in [-0.2, 0) is 39.6 Å². The number of aliphatic hydroxyl groups is 1. The second kappa shape index (κ2) is 55.1. The van der Waals surface area contributed by atoms with Crippen molar-refractivity contribution in [1.29, 1.82) is 0 Å². The predicted octanol–water partition coefficient (Wildman–Crippen LogP) is 0.596. The number of hydrogen-bond acceptors (Lipinski definition) is 1. The minimum absolute atomic E-state index is 0. The summed E-state index contributed by atoms with van der Waals surface area (Å²) in [5.41, 5.74) is 0. The van der Waals surface area contributed by atoms with E-state index in [0.717, 1.165) is 0 Å². The van der Waals surface area contributed by atoms with E-state index in [9.17, 15) is 0 Å². The fraction of sp³-hybridized carbons (Fsp3) is 0. The Labute approximate surface area is 89.2 Å². The van der Waals surface area contributed by atoms with Gasteiger partial charge in [-0.15, -0.1) is 0 Å². The van der Waals surface area contributed by atoms with Crippen molar-refractivity contribution in [3.05, 3.63) is 14.5 Å². The molecule has 0 spiro atoms. The van der Waals surface area contributed by atoms with Crippen molar-refractivity contribution < 1.29 is 75.8 Å². The van der Waals surface area contributed by atoms with E-state index < -0.39 is 0 Å². The normalized spacial score (nSPS) is 1.00. The first kappa shape index (κ1) is 40.7. The van der Waals surface area contributed by atoms with Crippen LogP contribution < -0.4 is 0 Å². The Hall–Kier alpha value is 2.28. The Morgan fingerprint density at radius 3 is 1.17 bits per heavy atom. The van der Waals surface area contributed by atoms with Crippen LogP contribution in [0.2, 0.25) is 0 Å². The number of aliphatic hydroxyl groups excluding tert-OH is 1. The SMILES string of the molecule is [CH2-]O.[CH3-].[U+2].[V].[W]. The summed E-state index contributed by atoms with van der Waals surface area (Å²) >= 11 is 0. The summed E-state index contributed by atoms with van der Waals surface area (Å²) in [6.07, 6.45) is 0. The van der Waals surface area contributed by atoms with E-state index in [1.807, 2.05) is 0 Å². The van der Waals surface area contributed by atoms with Crippen LogP contribution in [-0.4, -0.2) is 5.11 Å². The van der Waals surface area contributed by atoms with Gasteiger partial charge in [0.05, 0.1) is 0 Å². The molecule has 1 radical (unpaired) electrons. The van der Waals surface area contributed by atoms with Crippen LogP contribution in [0.4, 0.5) is 0 Å². The van der Waals surface area contributed by atoms with Gasteiger partial charge in [0, 0.05) is 39.6 Å². The van der Waals surface area contributed by atoms with Crippen molar-refractivity contribution in [2.75, 3.05) is 0 Å². The van der Waals surface area contributed by atoms with E-state index in [1.165, 1.54) is 0 Å². The van der Waals surface area contributed by atoms with Gasteiger partial charge in [0.15, 0.2) is 0 Å². The molecule has 6 heavy (non-hydrogen) atoms. The summed E-state index contributed by atoms with van der Waals surface area (Å²) in [6, 6.07) is 0. The van der Waals surface area contributed by atoms with Gasteiger partial charge in [-0.3, -0.25) is 0 Å². The van der Waals surface area contributed by atoms with Crippen molar-refractivity contribution in [2.24, 2.45) is 0 Å². The summed E-state index contributed by atoms with van der Waals surface area (Å²) in [6.45, 7) is 0. The van der Waals surface area contributed by atoms with Crippen molar-refractivity contribution in [2.45, 2.75) is 0 Å².